The summed E-state index contributed by atoms with van der Waals surface area (Å²) in [4.78, 5) is 0.310. The van der Waals surface area contributed by atoms with Crippen molar-refractivity contribution in [3.8, 4) is 0 Å². The van der Waals surface area contributed by atoms with Crippen LogP contribution in [-0.2, 0) is 10.0 Å². The molecule has 0 aromatic heterocycles. The molecule has 1 rings (SSSR count). The van der Waals surface area contributed by atoms with Crippen molar-refractivity contribution in [3.05, 3.63) is 28.7 Å². The van der Waals surface area contributed by atoms with E-state index in [1.54, 1.807) is 38.2 Å². The van der Waals surface area contributed by atoms with Crippen LogP contribution in [-0.4, -0.2) is 26.3 Å². The number of hydrogen-bond donors (Lipinski definition) is 0. The highest BCUT2D eigenvalue weighted by atomic mass is 79.9. The van der Waals surface area contributed by atoms with Crippen LogP contribution < -0.4 is 0 Å². The average molecular weight is 278 g/mol. The van der Waals surface area contributed by atoms with Crippen molar-refractivity contribution in [3.63, 3.8) is 0 Å². The minimum absolute atomic E-state index is 0.310. The van der Waals surface area contributed by atoms with Crippen molar-refractivity contribution >= 4 is 26.0 Å². The van der Waals surface area contributed by atoms with Gasteiger partial charge in [0, 0.05) is 18.1 Å². The standard InChI is InChI=1S/C9H12BrNO2S/c1-3-11(2)14(12,13)9-7-5-4-6-8(9)10/h4-7H,3H2,1-2H3. The maximum absolute atomic E-state index is 11.9. The first kappa shape index (κ1) is 11.7. The number of rotatable bonds is 3. The van der Waals surface area contributed by atoms with E-state index in [1.807, 2.05) is 0 Å². The normalized spacial score (nSPS) is 12.0. The van der Waals surface area contributed by atoms with Gasteiger partial charge in [0.1, 0.15) is 0 Å². The molecule has 14 heavy (non-hydrogen) atoms. The van der Waals surface area contributed by atoms with E-state index >= 15 is 0 Å². The molecule has 0 unspecified atom stereocenters. The predicted molar refractivity (Wildman–Crippen MR) is 59.6 cm³/mol. The zero-order valence-corrected chi connectivity index (χ0v) is 10.5. The van der Waals surface area contributed by atoms with Gasteiger partial charge in [0.25, 0.3) is 0 Å². The van der Waals surface area contributed by atoms with Crippen LogP contribution >= 0.6 is 15.9 Å². The monoisotopic (exact) mass is 277 g/mol. The topological polar surface area (TPSA) is 37.4 Å². The molecule has 0 spiro atoms. The van der Waals surface area contributed by atoms with E-state index in [9.17, 15) is 8.42 Å². The molecule has 0 N–H and O–H groups in total. The molecule has 0 atom stereocenters. The summed E-state index contributed by atoms with van der Waals surface area (Å²) in [5.41, 5.74) is 0. The van der Waals surface area contributed by atoms with Crippen molar-refractivity contribution in [2.45, 2.75) is 11.8 Å². The van der Waals surface area contributed by atoms with E-state index in [0.717, 1.165) is 0 Å². The minimum Gasteiger partial charge on any atom is -0.207 e. The summed E-state index contributed by atoms with van der Waals surface area (Å²) in [7, 11) is -1.77. The third-order valence-electron chi connectivity index (χ3n) is 1.97. The first-order chi connectivity index (χ1) is 6.50. The van der Waals surface area contributed by atoms with Crippen molar-refractivity contribution in [2.75, 3.05) is 13.6 Å². The van der Waals surface area contributed by atoms with Gasteiger partial charge in [-0.1, -0.05) is 19.1 Å². The fraction of sp³-hybridized carbons (Fsp3) is 0.333. The Labute approximate surface area is 92.9 Å². The Balaban J connectivity index is 3.24. The van der Waals surface area contributed by atoms with Crippen molar-refractivity contribution in [1.82, 2.24) is 4.31 Å². The first-order valence-electron chi connectivity index (χ1n) is 4.21. The summed E-state index contributed by atoms with van der Waals surface area (Å²) in [5, 5.41) is 0. The molecule has 0 radical (unpaired) electrons. The highest BCUT2D eigenvalue weighted by molar-refractivity contribution is 9.10. The van der Waals surface area contributed by atoms with E-state index in [1.165, 1.54) is 4.31 Å². The van der Waals surface area contributed by atoms with Crippen molar-refractivity contribution < 1.29 is 8.42 Å². The van der Waals surface area contributed by atoms with Crippen LogP contribution in [0.3, 0.4) is 0 Å². The molecular weight excluding hydrogens is 266 g/mol. The lowest BCUT2D eigenvalue weighted by Crippen LogP contribution is -2.26. The van der Waals surface area contributed by atoms with Gasteiger partial charge in [0.05, 0.1) is 4.90 Å². The Kier molecular flexibility index (Phi) is 3.69. The van der Waals surface area contributed by atoms with Crippen LogP contribution in [0.1, 0.15) is 6.92 Å². The Morgan fingerprint density at radius 2 is 1.93 bits per heavy atom. The molecule has 1 aromatic rings. The second-order valence-corrected chi connectivity index (χ2v) is 5.72. The van der Waals surface area contributed by atoms with Gasteiger partial charge >= 0.3 is 0 Å². The number of benzene rings is 1. The van der Waals surface area contributed by atoms with E-state index in [0.29, 0.717) is 15.9 Å². The van der Waals surface area contributed by atoms with E-state index in [4.69, 9.17) is 0 Å². The second kappa shape index (κ2) is 4.42. The quantitative estimate of drug-likeness (QED) is 0.849. The summed E-state index contributed by atoms with van der Waals surface area (Å²) in [5.74, 6) is 0. The van der Waals surface area contributed by atoms with Gasteiger partial charge in [0.15, 0.2) is 0 Å². The smallest absolute Gasteiger partial charge is 0.207 e. The van der Waals surface area contributed by atoms with Crippen LogP contribution in [0.5, 0.6) is 0 Å². The summed E-state index contributed by atoms with van der Waals surface area (Å²) < 4.78 is 25.7. The number of nitrogens with zero attached hydrogens (tertiary/aromatic N) is 1. The van der Waals surface area contributed by atoms with E-state index in [-0.39, 0.29) is 0 Å². The van der Waals surface area contributed by atoms with Crippen LogP contribution in [0.15, 0.2) is 33.6 Å². The van der Waals surface area contributed by atoms with Crippen LogP contribution in [0.2, 0.25) is 0 Å². The Morgan fingerprint density at radius 3 is 2.43 bits per heavy atom. The van der Waals surface area contributed by atoms with Crippen molar-refractivity contribution in [2.24, 2.45) is 0 Å². The van der Waals surface area contributed by atoms with Crippen LogP contribution in [0.25, 0.3) is 0 Å². The third kappa shape index (κ3) is 2.16. The Hall–Kier alpha value is -0.390. The molecule has 3 nitrogen and oxygen atoms in total. The zero-order valence-electron chi connectivity index (χ0n) is 8.07. The van der Waals surface area contributed by atoms with E-state index < -0.39 is 10.0 Å². The minimum atomic E-state index is -3.33. The average Bonchev–Trinajstić information content (AvgIpc) is 2.17. The molecule has 1 aromatic carbocycles. The van der Waals surface area contributed by atoms with Gasteiger partial charge in [-0.25, -0.2) is 12.7 Å². The highest BCUT2D eigenvalue weighted by Gasteiger charge is 2.21. The molecule has 0 heterocycles. The van der Waals surface area contributed by atoms with Crippen LogP contribution in [0, 0.1) is 0 Å². The molecule has 0 aliphatic carbocycles. The number of hydrogen-bond acceptors (Lipinski definition) is 2. The van der Waals surface area contributed by atoms with Gasteiger partial charge < -0.3 is 0 Å². The fourth-order valence-electron chi connectivity index (χ4n) is 0.992. The second-order valence-electron chi connectivity index (χ2n) is 2.85. The summed E-state index contributed by atoms with van der Waals surface area (Å²) in [6, 6.07) is 6.80. The lowest BCUT2D eigenvalue weighted by molar-refractivity contribution is 0.486. The molecule has 5 heteroatoms. The number of sulfonamides is 1. The number of halogens is 1. The van der Waals surface area contributed by atoms with E-state index in [2.05, 4.69) is 15.9 Å². The van der Waals surface area contributed by atoms with Gasteiger partial charge in [-0.2, -0.15) is 0 Å². The first-order valence-corrected chi connectivity index (χ1v) is 6.44. The maximum atomic E-state index is 11.9. The lowest BCUT2D eigenvalue weighted by Gasteiger charge is -2.15. The molecule has 0 aliphatic rings. The van der Waals surface area contributed by atoms with Crippen molar-refractivity contribution in [1.29, 1.82) is 0 Å². The molecule has 0 fully saturated rings. The lowest BCUT2D eigenvalue weighted by atomic mass is 10.4. The Bertz CT molecular complexity index is 417. The summed E-state index contributed by atoms with van der Waals surface area (Å²) in [6.07, 6.45) is 0. The summed E-state index contributed by atoms with van der Waals surface area (Å²) >= 11 is 3.22. The molecule has 0 bridgehead atoms. The maximum Gasteiger partial charge on any atom is 0.243 e. The molecule has 0 saturated heterocycles. The fourth-order valence-corrected chi connectivity index (χ4v) is 3.13. The zero-order chi connectivity index (χ0) is 10.8. The molecule has 0 amide bonds. The predicted octanol–water partition coefficient (Wildman–Crippen LogP) is 2.09. The SMILES string of the molecule is CCN(C)S(=O)(=O)c1ccccc1Br. The summed E-state index contributed by atoms with van der Waals surface area (Å²) in [6.45, 7) is 2.26. The Morgan fingerprint density at radius 1 is 1.36 bits per heavy atom. The third-order valence-corrected chi connectivity index (χ3v) is 4.91. The van der Waals surface area contributed by atoms with Crippen LogP contribution in [0.4, 0.5) is 0 Å². The molecule has 0 saturated carbocycles. The molecule has 0 aliphatic heterocycles. The van der Waals surface area contributed by atoms with Gasteiger partial charge in [0.2, 0.25) is 10.0 Å². The molecular formula is C9H12BrNO2S. The molecule has 78 valence electrons. The largest absolute Gasteiger partial charge is 0.243 e. The van der Waals surface area contributed by atoms with Gasteiger partial charge in [-0.15, -0.1) is 0 Å². The van der Waals surface area contributed by atoms with Gasteiger partial charge in [-0.3, -0.25) is 0 Å². The van der Waals surface area contributed by atoms with Gasteiger partial charge in [-0.05, 0) is 28.1 Å². The highest BCUT2D eigenvalue weighted by Crippen LogP contribution is 2.23.